The van der Waals surface area contributed by atoms with Gasteiger partial charge in [-0.3, -0.25) is 4.52 Å². The minimum atomic E-state index is -3.16. The average molecular weight is 136 g/mol. The number of hydrogen-bond donors (Lipinski definition) is 0. The van der Waals surface area contributed by atoms with Crippen molar-refractivity contribution in [3.05, 3.63) is 12.5 Å². The highest BCUT2D eigenvalue weighted by atomic mass is 31.2. The molecule has 1 rings (SSSR count). The van der Waals surface area contributed by atoms with Crippen LogP contribution in [-0.2, 0) is 18.1 Å². The summed E-state index contributed by atoms with van der Waals surface area (Å²) in [6, 6.07) is 0. The van der Waals surface area contributed by atoms with Crippen LogP contribution in [0.2, 0.25) is 0 Å². The lowest BCUT2D eigenvalue weighted by molar-refractivity contribution is 0.239. The Labute approximate surface area is 46.7 Å². The van der Waals surface area contributed by atoms with E-state index in [1.54, 1.807) is 0 Å². The van der Waals surface area contributed by atoms with Crippen molar-refractivity contribution >= 4 is 7.82 Å². The van der Waals surface area contributed by atoms with Crippen molar-refractivity contribution in [1.29, 1.82) is 0 Å². The molecule has 0 saturated heterocycles. The zero-order valence-electron chi connectivity index (χ0n) is 4.23. The Hall–Kier alpha value is -0.470. The number of phosphoric acid groups is 1. The van der Waals surface area contributed by atoms with E-state index < -0.39 is 7.82 Å². The third-order valence-electron chi connectivity index (χ3n) is 0.659. The summed E-state index contributed by atoms with van der Waals surface area (Å²) < 4.78 is 23.8. The maximum absolute atomic E-state index is 10.7. The molecule has 1 heterocycles. The summed E-state index contributed by atoms with van der Waals surface area (Å²) in [6.07, 6.45) is 2.37. The Morgan fingerprint density at radius 3 is 2.25 bits per heavy atom. The van der Waals surface area contributed by atoms with Gasteiger partial charge in [0.25, 0.3) is 0 Å². The maximum atomic E-state index is 10.7. The quantitative estimate of drug-likeness (QED) is 0.509. The largest absolute Gasteiger partial charge is 0.586 e. The van der Waals surface area contributed by atoms with Gasteiger partial charge in [0.15, 0.2) is 0 Å². The summed E-state index contributed by atoms with van der Waals surface area (Å²) in [7, 11) is -1.90. The SMILES string of the molecule is COP1(=O)OC=CO1. The van der Waals surface area contributed by atoms with E-state index >= 15 is 0 Å². The molecule has 8 heavy (non-hydrogen) atoms. The molecule has 5 heteroatoms. The van der Waals surface area contributed by atoms with Crippen molar-refractivity contribution in [3.63, 3.8) is 0 Å². The van der Waals surface area contributed by atoms with E-state index in [9.17, 15) is 4.57 Å². The molecule has 0 bridgehead atoms. The molecule has 0 aliphatic carbocycles. The van der Waals surface area contributed by atoms with Crippen LogP contribution in [0, 0.1) is 0 Å². The molecule has 0 fully saturated rings. The molecule has 46 valence electrons. The predicted molar refractivity (Wildman–Crippen MR) is 25.9 cm³/mol. The molecule has 4 nitrogen and oxygen atoms in total. The fraction of sp³-hybridized carbons (Fsp3) is 0.333. The summed E-state index contributed by atoms with van der Waals surface area (Å²) in [5, 5.41) is 0. The summed E-state index contributed by atoms with van der Waals surface area (Å²) >= 11 is 0. The lowest BCUT2D eigenvalue weighted by Crippen LogP contribution is -1.80. The molecular formula is C3H5O4P. The highest BCUT2D eigenvalue weighted by molar-refractivity contribution is 7.48. The highest BCUT2D eigenvalue weighted by Crippen LogP contribution is 2.52. The third-order valence-corrected chi connectivity index (χ3v) is 1.87. The topological polar surface area (TPSA) is 44.8 Å². The fourth-order valence-electron chi connectivity index (χ4n) is 0.310. The number of phosphoric ester groups is 1. The van der Waals surface area contributed by atoms with Gasteiger partial charge in [-0.15, -0.1) is 0 Å². The van der Waals surface area contributed by atoms with Gasteiger partial charge in [0.2, 0.25) is 0 Å². The van der Waals surface area contributed by atoms with E-state index in [1.165, 1.54) is 19.6 Å². The standard InChI is InChI=1S/C3H5O4P/c1-5-8(4)6-2-3-7-8/h2-3H,1H3. The summed E-state index contributed by atoms with van der Waals surface area (Å²) in [5.41, 5.74) is 0. The molecule has 1 aliphatic rings. The summed E-state index contributed by atoms with van der Waals surface area (Å²) in [4.78, 5) is 0. The molecule has 0 saturated carbocycles. The highest BCUT2D eigenvalue weighted by Gasteiger charge is 2.28. The second-order valence-corrected chi connectivity index (χ2v) is 2.79. The van der Waals surface area contributed by atoms with Gasteiger partial charge in [-0.25, -0.2) is 4.57 Å². The zero-order chi connectivity index (χ0) is 6.04. The Morgan fingerprint density at radius 2 is 2.00 bits per heavy atom. The smallest absolute Gasteiger partial charge is 0.400 e. The minimum Gasteiger partial charge on any atom is -0.400 e. The van der Waals surface area contributed by atoms with E-state index in [0.29, 0.717) is 0 Å². The van der Waals surface area contributed by atoms with Crippen LogP contribution in [0.15, 0.2) is 12.5 Å². The van der Waals surface area contributed by atoms with Gasteiger partial charge >= 0.3 is 7.82 Å². The van der Waals surface area contributed by atoms with E-state index in [4.69, 9.17) is 0 Å². The summed E-state index contributed by atoms with van der Waals surface area (Å²) in [6.45, 7) is 0. The third kappa shape index (κ3) is 0.854. The maximum Gasteiger partial charge on any atom is 0.586 e. The second-order valence-electron chi connectivity index (χ2n) is 1.11. The van der Waals surface area contributed by atoms with Crippen LogP contribution >= 0.6 is 7.82 Å². The molecule has 0 aromatic carbocycles. The van der Waals surface area contributed by atoms with Crippen molar-refractivity contribution in [2.24, 2.45) is 0 Å². The van der Waals surface area contributed by atoms with Crippen LogP contribution in [0.5, 0.6) is 0 Å². The molecule has 0 aromatic rings. The summed E-state index contributed by atoms with van der Waals surface area (Å²) in [5.74, 6) is 0. The Bertz CT molecular complexity index is 139. The van der Waals surface area contributed by atoms with Crippen molar-refractivity contribution in [3.8, 4) is 0 Å². The lowest BCUT2D eigenvalue weighted by atomic mass is 11.1. The van der Waals surface area contributed by atoms with Gasteiger partial charge in [-0.1, -0.05) is 0 Å². The van der Waals surface area contributed by atoms with Gasteiger partial charge in [-0.05, 0) is 0 Å². The zero-order valence-corrected chi connectivity index (χ0v) is 5.13. The monoisotopic (exact) mass is 136 g/mol. The minimum absolute atomic E-state index is 1.18. The number of rotatable bonds is 1. The molecule has 0 atom stereocenters. The first kappa shape index (κ1) is 5.66. The number of hydrogen-bond acceptors (Lipinski definition) is 4. The molecule has 0 spiro atoms. The van der Waals surface area contributed by atoms with Crippen molar-refractivity contribution in [2.75, 3.05) is 7.11 Å². The van der Waals surface area contributed by atoms with Crippen molar-refractivity contribution in [2.45, 2.75) is 0 Å². The van der Waals surface area contributed by atoms with Crippen molar-refractivity contribution in [1.82, 2.24) is 0 Å². The van der Waals surface area contributed by atoms with Gasteiger partial charge in [0.05, 0.1) is 0 Å². The molecule has 0 N–H and O–H groups in total. The average Bonchev–Trinajstić information content (AvgIpc) is 2.17. The molecule has 0 unspecified atom stereocenters. The normalized spacial score (nSPS) is 22.1. The van der Waals surface area contributed by atoms with E-state index in [-0.39, 0.29) is 0 Å². The van der Waals surface area contributed by atoms with Gasteiger partial charge in [0, 0.05) is 7.11 Å². The van der Waals surface area contributed by atoms with Gasteiger partial charge < -0.3 is 9.05 Å². The Kier molecular flexibility index (Phi) is 1.27. The van der Waals surface area contributed by atoms with Gasteiger partial charge in [-0.2, -0.15) is 0 Å². The van der Waals surface area contributed by atoms with Gasteiger partial charge in [0.1, 0.15) is 12.5 Å². The van der Waals surface area contributed by atoms with Crippen LogP contribution in [0.4, 0.5) is 0 Å². The van der Waals surface area contributed by atoms with Crippen LogP contribution < -0.4 is 0 Å². The lowest BCUT2D eigenvalue weighted by Gasteiger charge is -2.03. The molecule has 0 radical (unpaired) electrons. The predicted octanol–water partition coefficient (Wildman–Crippen LogP) is 1.26. The van der Waals surface area contributed by atoms with Crippen LogP contribution in [0.1, 0.15) is 0 Å². The molecule has 1 aliphatic heterocycles. The molecular weight excluding hydrogens is 131 g/mol. The second kappa shape index (κ2) is 1.80. The molecule has 0 amide bonds. The van der Waals surface area contributed by atoms with E-state index in [2.05, 4.69) is 13.6 Å². The van der Waals surface area contributed by atoms with Crippen LogP contribution in [0.25, 0.3) is 0 Å². The first-order valence-corrected chi connectivity index (χ1v) is 3.40. The Balaban J connectivity index is 2.60. The van der Waals surface area contributed by atoms with E-state index in [1.807, 2.05) is 0 Å². The van der Waals surface area contributed by atoms with Crippen LogP contribution in [0.3, 0.4) is 0 Å². The van der Waals surface area contributed by atoms with Crippen molar-refractivity contribution < 1.29 is 18.1 Å². The first-order chi connectivity index (χ1) is 3.77. The first-order valence-electron chi connectivity index (χ1n) is 1.94. The van der Waals surface area contributed by atoms with E-state index in [0.717, 1.165) is 0 Å². The Morgan fingerprint density at radius 1 is 1.50 bits per heavy atom. The van der Waals surface area contributed by atoms with Crippen LogP contribution in [-0.4, -0.2) is 7.11 Å². The fourth-order valence-corrected chi connectivity index (χ4v) is 0.929. The molecule has 0 aromatic heterocycles.